The molecule has 2 heterocycles. The Morgan fingerprint density at radius 3 is 2.36 bits per heavy atom. The highest BCUT2D eigenvalue weighted by molar-refractivity contribution is 5.78. The number of nitrogens with zero attached hydrogens (tertiary/aromatic N) is 1. The molecule has 0 saturated heterocycles. The second kappa shape index (κ2) is 7.13. The molecule has 0 radical (unpaired) electrons. The minimum absolute atomic E-state index is 0.972. The van der Waals surface area contributed by atoms with Crippen LogP contribution in [0.5, 0.6) is 0 Å². The zero-order valence-electron chi connectivity index (χ0n) is 9.76. The van der Waals surface area contributed by atoms with Crippen LogP contribution in [-0.4, -0.2) is 9.97 Å². The number of nitrogens with one attached hydrogen (secondary N) is 1. The Balaban J connectivity index is 0.000000379. The zero-order chi connectivity index (χ0) is 11.0. The molecule has 14 heavy (non-hydrogen) atoms. The van der Waals surface area contributed by atoms with Gasteiger partial charge in [0.2, 0.25) is 0 Å². The largest absolute Gasteiger partial charge is 0.346 e. The number of aromatic nitrogens is 2. The van der Waals surface area contributed by atoms with Crippen molar-refractivity contribution in [3.63, 3.8) is 0 Å². The number of pyridine rings is 1. The van der Waals surface area contributed by atoms with E-state index in [9.17, 15) is 0 Å². The lowest BCUT2D eigenvalue weighted by atomic mass is 10.2. The van der Waals surface area contributed by atoms with Crippen LogP contribution in [0.1, 0.15) is 33.3 Å². The maximum absolute atomic E-state index is 4.15. The van der Waals surface area contributed by atoms with Crippen LogP contribution < -0.4 is 0 Å². The fourth-order valence-electron chi connectivity index (χ4n) is 1.09. The summed E-state index contributed by atoms with van der Waals surface area (Å²) in [6, 6.07) is 4.01. The van der Waals surface area contributed by atoms with Crippen molar-refractivity contribution >= 4 is 11.0 Å². The summed E-state index contributed by atoms with van der Waals surface area (Å²) in [5.41, 5.74) is 2.23. The summed E-state index contributed by atoms with van der Waals surface area (Å²) in [5.74, 6) is 0. The van der Waals surface area contributed by atoms with E-state index in [0.717, 1.165) is 5.65 Å². The molecule has 0 amide bonds. The number of rotatable bonds is 0. The van der Waals surface area contributed by atoms with E-state index < -0.39 is 0 Å². The predicted octanol–water partition coefficient (Wildman–Crippen LogP) is 3.92. The molecule has 0 spiro atoms. The third-order valence-corrected chi connectivity index (χ3v) is 1.66. The standard InChI is InChI=1S/C8H8N2.2C2H6/c1-6-5-10-8-7(6)3-2-4-9-8;2*1-2/h2-5H,1H3,(H,9,10);2*1-2H3. The van der Waals surface area contributed by atoms with Gasteiger partial charge in [0.15, 0.2) is 0 Å². The zero-order valence-corrected chi connectivity index (χ0v) is 9.76. The Hall–Kier alpha value is -1.31. The Morgan fingerprint density at radius 1 is 1.14 bits per heavy atom. The first-order valence-electron chi connectivity index (χ1n) is 5.26. The van der Waals surface area contributed by atoms with Gasteiger partial charge in [-0.3, -0.25) is 0 Å². The van der Waals surface area contributed by atoms with Crippen LogP contribution >= 0.6 is 0 Å². The van der Waals surface area contributed by atoms with Gasteiger partial charge in [-0.1, -0.05) is 27.7 Å². The quantitative estimate of drug-likeness (QED) is 0.673. The molecule has 0 aromatic carbocycles. The van der Waals surface area contributed by atoms with E-state index in [1.54, 1.807) is 6.20 Å². The Labute approximate surface area is 86.4 Å². The molecule has 0 fully saturated rings. The van der Waals surface area contributed by atoms with Crippen LogP contribution in [0.15, 0.2) is 24.5 Å². The van der Waals surface area contributed by atoms with E-state index in [4.69, 9.17) is 0 Å². The molecule has 0 aliphatic rings. The number of aromatic amines is 1. The summed E-state index contributed by atoms with van der Waals surface area (Å²) in [6.07, 6.45) is 3.76. The summed E-state index contributed by atoms with van der Waals surface area (Å²) in [4.78, 5) is 7.22. The van der Waals surface area contributed by atoms with Crippen molar-refractivity contribution in [2.45, 2.75) is 34.6 Å². The van der Waals surface area contributed by atoms with E-state index in [0.29, 0.717) is 0 Å². The molecule has 0 aliphatic heterocycles. The summed E-state index contributed by atoms with van der Waals surface area (Å²) in [7, 11) is 0. The van der Waals surface area contributed by atoms with Crippen molar-refractivity contribution in [3.8, 4) is 0 Å². The number of H-pyrrole nitrogens is 1. The van der Waals surface area contributed by atoms with Crippen molar-refractivity contribution in [1.29, 1.82) is 0 Å². The van der Waals surface area contributed by atoms with Crippen molar-refractivity contribution in [1.82, 2.24) is 9.97 Å². The van der Waals surface area contributed by atoms with Gasteiger partial charge in [0.25, 0.3) is 0 Å². The van der Waals surface area contributed by atoms with E-state index >= 15 is 0 Å². The van der Waals surface area contributed by atoms with Gasteiger partial charge in [0.1, 0.15) is 5.65 Å². The number of hydrogen-bond acceptors (Lipinski definition) is 1. The second-order valence-corrected chi connectivity index (χ2v) is 2.37. The van der Waals surface area contributed by atoms with Gasteiger partial charge in [-0.2, -0.15) is 0 Å². The van der Waals surface area contributed by atoms with Gasteiger partial charge in [-0.15, -0.1) is 0 Å². The first kappa shape index (κ1) is 12.7. The minimum atomic E-state index is 0.972. The average Bonchev–Trinajstić information content (AvgIpc) is 2.67. The van der Waals surface area contributed by atoms with E-state index in [2.05, 4.69) is 23.0 Å². The normalized spacial score (nSPS) is 8.36. The third-order valence-electron chi connectivity index (χ3n) is 1.66. The Bertz CT molecular complexity index is 350. The van der Waals surface area contributed by atoms with Crippen molar-refractivity contribution in [2.75, 3.05) is 0 Å². The Kier molecular flexibility index (Phi) is 6.46. The smallest absolute Gasteiger partial charge is 0.137 e. The molecule has 0 unspecified atom stereocenters. The molecule has 0 atom stereocenters. The molecule has 0 bridgehead atoms. The molecule has 2 rings (SSSR count). The van der Waals surface area contributed by atoms with Crippen LogP contribution in [0.2, 0.25) is 0 Å². The topological polar surface area (TPSA) is 28.7 Å². The maximum Gasteiger partial charge on any atom is 0.137 e. The van der Waals surface area contributed by atoms with Gasteiger partial charge in [0, 0.05) is 17.8 Å². The fourth-order valence-corrected chi connectivity index (χ4v) is 1.09. The fraction of sp³-hybridized carbons (Fsp3) is 0.417. The van der Waals surface area contributed by atoms with E-state index in [-0.39, 0.29) is 0 Å². The van der Waals surface area contributed by atoms with Crippen LogP contribution in [0, 0.1) is 6.92 Å². The summed E-state index contributed by atoms with van der Waals surface area (Å²) in [6.45, 7) is 10.1. The van der Waals surface area contributed by atoms with Gasteiger partial charge >= 0.3 is 0 Å². The molecular weight excluding hydrogens is 172 g/mol. The highest BCUT2D eigenvalue weighted by Gasteiger charge is 1.95. The van der Waals surface area contributed by atoms with Gasteiger partial charge in [-0.25, -0.2) is 4.98 Å². The maximum atomic E-state index is 4.15. The van der Waals surface area contributed by atoms with Gasteiger partial charge in [0.05, 0.1) is 0 Å². The Morgan fingerprint density at radius 2 is 1.79 bits per heavy atom. The van der Waals surface area contributed by atoms with Gasteiger partial charge < -0.3 is 4.98 Å². The molecule has 78 valence electrons. The van der Waals surface area contributed by atoms with Gasteiger partial charge in [-0.05, 0) is 24.6 Å². The predicted molar refractivity (Wildman–Crippen MR) is 63.5 cm³/mol. The number of hydrogen-bond donors (Lipinski definition) is 1. The van der Waals surface area contributed by atoms with E-state index in [1.165, 1.54) is 10.9 Å². The molecule has 0 saturated carbocycles. The summed E-state index contributed by atoms with van der Waals surface area (Å²) < 4.78 is 0. The molecule has 2 nitrogen and oxygen atoms in total. The third kappa shape index (κ3) is 2.87. The molecule has 2 aromatic heterocycles. The van der Waals surface area contributed by atoms with Crippen molar-refractivity contribution in [2.24, 2.45) is 0 Å². The summed E-state index contributed by atoms with van der Waals surface area (Å²) in [5, 5.41) is 1.21. The molecular formula is C12H20N2. The second-order valence-electron chi connectivity index (χ2n) is 2.37. The number of fused-ring (bicyclic) bond motifs is 1. The lowest BCUT2D eigenvalue weighted by Crippen LogP contribution is -1.72. The van der Waals surface area contributed by atoms with E-state index in [1.807, 2.05) is 40.0 Å². The summed E-state index contributed by atoms with van der Waals surface area (Å²) >= 11 is 0. The molecule has 1 N–H and O–H groups in total. The van der Waals surface area contributed by atoms with Crippen molar-refractivity contribution < 1.29 is 0 Å². The highest BCUT2D eigenvalue weighted by atomic mass is 14.8. The first-order chi connectivity index (χ1) is 6.88. The SMILES string of the molecule is CC.CC.Cc1c[nH]c2ncccc12. The number of aryl methyl sites for hydroxylation is 1. The van der Waals surface area contributed by atoms with Crippen LogP contribution in [0.3, 0.4) is 0 Å². The average molecular weight is 192 g/mol. The minimum Gasteiger partial charge on any atom is -0.346 e. The van der Waals surface area contributed by atoms with Crippen molar-refractivity contribution in [3.05, 3.63) is 30.1 Å². The van der Waals surface area contributed by atoms with Crippen LogP contribution in [0.25, 0.3) is 11.0 Å². The lowest BCUT2D eigenvalue weighted by molar-refractivity contribution is 1.32. The molecule has 0 aliphatic carbocycles. The first-order valence-corrected chi connectivity index (χ1v) is 5.26. The molecule has 2 aromatic rings. The monoisotopic (exact) mass is 192 g/mol. The molecule has 2 heteroatoms. The van der Waals surface area contributed by atoms with Crippen LogP contribution in [0.4, 0.5) is 0 Å². The van der Waals surface area contributed by atoms with Crippen LogP contribution in [-0.2, 0) is 0 Å². The lowest BCUT2D eigenvalue weighted by Gasteiger charge is -1.86. The highest BCUT2D eigenvalue weighted by Crippen LogP contribution is 2.12.